The Labute approximate surface area is 326 Å². The number of phenols is 1. The summed E-state index contributed by atoms with van der Waals surface area (Å²) in [7, 11) is 1.58. The number of aromatic amines is 1. The van der Waals surface area contributed by atoms with Crippen molar-refractivity contribution in [3.8, 4) is 11.5 Å². The third kappa shape index (κ3) is 9.24. The Morgan fingerprint density at radius 2 is 1.72 bits per heavy atom. The molecule has 0 spiro atoms. The number of fused-ring (bicyclic) bond motifs is 1. The number of carbonyl (C=O) groups is 2. The normalized spacial score (nSPS) is 16.7. The lowest BCUT2D eigenvalue weighted by Crippen LogP contribution is -2.41. The fraction of sp³-hybridized carbons (Fsp3) is 0.390. The first kappa shape index (κ1) is 39.6. The number of thiophene rings is 2. The number of hydrogen-bond donors (Lipinski definition) is 5. The summed E-state index contributed by atoms with van der Waals surface area (Å²) < 4.78 is 11.5. The lowest BCUT2D eigenvalue weighted by atomic mass is 9.92. The second kappa shape index (κ2) is 18.1. The van der Waals surface area contributed by atoms with Crippen LogP contribution in [0.3, 0.4) is 0 Å². The average Bonchev–Trinajstić information content (AvgIpc) is 3.92. The summed E-state index contributed by atoms with van der Waals surface area (Å²) >= 11 is 9.31. The maximum absolute atomic E-state index is 13.3. The van der Waals surface area contributed by atoms with Gasteiger partial charge < -0.3 is 35.1 Å². The molecule has 1 atom stereocenters. The van der Waals surface area contributed by atoms with Crippen molar-refractivity contribution >= 4 is 56.9 Å². The zero-order chi connectivity index (χ0) is 38.2. The number of phenolic OH excluding ortho intramolecular Hbond substituents is 1. The number of hydrogen-bond acceptors (Lipinski definition) is 11. The summed E-state index contributed by atoms with van der Waals surface area (Å²) in [5, 5.41) is 40.9. The number of carbonyl (C=O) groups excluding carboxylic acids is 2. The van der Waals surface area contributed by atoms with Crippen molar-refractivity contribution in [2.24, 2.45) is 0 Å². The Morgan fingerprint density at radius 1 is 1.00 bits per heavy atom. The molecule has 0 radical (unpaired) electrons. The second-order valence-electron chi connectivity index (χ2n) is 13.8. The van der Waals surface area contributed by atoms with Crippen LogP contribution in [0.15, 0.2) is 76.2 Å². The van der Waals surface area contributed by atoms with E-state index in [1.54, 1.807) is 31.4 Å². The van der Waals surface area contributed by atoms with Crippen LogP contribution in [0.4, 0.5) is 0 Å². The van der Waals surface area contributed by atoms with E-state index in [1.165, 1.54) is 34.8 Å². The van der Waals surface area contributed by atoms with Crippen LogP contribution in [0.1, 0.15) is 83.9 Å². The van der Waals surface area contributed by atoms with Crippen LogP contribution in [-0.4, -0.2) is 57.9 Å². The number of aromatic nitrogens is 1. The van der Waals surface area contributed by atoms with E-state index in [9.17, 15) is 29.7 Å². The molecule has 0 saturated heterocycles. The minimum absolute atomic E-state index is 0.0550. The summed E-state index contributed by atoms with van der Waals surface area (Å²) in [6.45, 7) is 0.692. The average molecular weight is 793 g/mol. The van der Waals surface area contributed by atoms with E-state index < -0.39 is 17.7 Å². The highest BCUT2D eigenvalue weighted by Gasteiger charge is 2.45. The Bertz CT molecular complexity index is 2060. The zero-order valence-electron chi connectivity index (χ0n) is 30.0. The van der Waals surface area contributed by atoms with Crippen molar-refractivity contribution in [2.45, 2.75) is 88.1 Å². The molecule has 13 heteroatoms. The number of aliphatic hydroxyl groups excluding tert-OH is 1. The Balaban J connectivity index is 0.921. The minimum Gasteiger partial charge on any atom is -0.506 e. The highest BCUT2D eigenvalue weighted by Crippen LogP contribution is 2.38. The standard InChI is InChI=1S/C41H45ClN2O8S2/c1-51-35-24-26(32(42)23-25(35)6-2-8-33(46)30-15-17-34(47)39-31(30)16-18-38(48)44-39)22-28(45)7-3-19-43-27-11-13-29(14-12-27)52-40(49)41(50,36-9-4-20-53-36)37-10-5-21-54-37/h4-5,9-10,15-18,20-21,23-24,27,29,33,43,46-47,50H,2-3,6-8,11-14,19,22H2,1H3,(H,44,48)/t27?,29?,33-/m0/s1. The molecule has 54 heavy (non-hydrogen) atoms. The van der Waals surface area contributed by atoms with Gasteiger partial charge in [-0.05, 0) is 122 Å². The molecule has 3 heterocycles. The van der Waals surface area contributed by atoms with Crippen LogP contribution >= 0.6 is 34.3 Å². The third-order valence-electron chi connectivity index (χ3n) is 10.1. The smallest absolute Gasteiger partial charge is 0.349 e. The number of aryl methyl sites for hydroxylation is 1. The van der Waals surface area contributed by atoms with E-state index in [4.69, 9.17) is 21.1 Å². The Kier molecular flexibility index (Phi) is 13.3. The Morgan fingerprint density at radius 3 is 2.39 bits per heavy atom. The van der Waals surface area contributed by atoms with Crippen LogP contribution in [-0.2, 0) is 32.8 Å². The quantitative estimate of drug-likeness (QED) is 0.0480. The summed E-state index contributed by atoms with van der Waals surface area (Å²) in [6, 6.07) is 17.1. The number of Topliss-reactive ketones (excluding diaryl/α,β-unsaturated/α-hetero) is 1. The number of esters is 1. The molecule has 5 N–H and O–H groups in total. The lowest BCUT2D eigenvalue weighted by molar-refractivity contribution is -0.169. The molecule has 5 aromatic rings. The van der Waals surface area contributed by atoms with Crippen molar-refractivity contribution < 1.29 is 34.4 Å². The van der Waals surface area contributed by atoms with E-state index in [0.29, 0.717) is 94.0 Å². The molecule has 0 bridgehead atoms. The molecule has 0 amide bonds. The molecule has 1 aliphatic rings. The van der Waals surface area contributed by atoms with Crippen molar-refractivity contribution in [3.63, 3.8) is 0 Å². The number of pyridine rings is 1. The number of ether oxygens (including phenoxy) is 2. The van der Waals surface area contributed by atoms with Gasteiger partial charge in [0.2, 0.25) is 11.2 Å². The molecule has 6 rings (SSSR count). The first-order chi connectivity index (χ1) is 26.1. The predicted octanol–water partition coefficient (Wildman–Crippen LogP) is 7.35. The highest BCUT2D eigenvalue weighted by molar-refractivity contribution is 7.12. The number of rotatable bonds is 17. The van der Waals surface area contributed by atoms with Gasteiger partial charge in [0, 0.05) is 35.4 Å². The molecule has 1 aliphatic carbocycles. The fourth-order valence-corrected chi connectivity index (χ4v) is 9.12. The summed E-state index contributed by atoms with van der Waals surface area (Å²) in [6.07, 6.45) is 4.91. The summed E-state index contributed by atoms with van der Waals surface area (Å²) in [5.74, 6) is 0.0286. The first-order valence-electron chi connectivity index (χ1n) is 18.2. The van der Waals surface area contributed by atoms with E-state index in [1.807, 2.05) is 35.0 Å². The number of benzene rings is 2. The predicted molar refractivity (Wildman–Crippen MR) is 212 cm³/mol. The maximum atomic E-state index is 13.3. The van der Waals surface area contributed by atoms with E-state index >= 15 is 0 Å². The maximum Gasteiger partial charge on any atom is 0.349 e. The number of aromatic hydroxyl groups is 1. The SMILES string of the molecule is COc1cc(CC(=O)CCCNC2CCC(OC(=O)C(O)(c3cccs3)c3cccs3)CC2)c(Cl)cc1CCC[C@H](O)c1ccc(O)c2[nH]c(=O)ccc12. The number of halogens is 1. The van der Waals surface area contributed by atoms with Gasteiger partial charge in [-0.3, -0.25) is 9.59 Å². The van der Waals surface area contributed by atoms with E-state index in [-0.39, 0.29) is 35.7 Å². The van der Waals surface area contributed by atoms with Gasteiger partial charge in [-0.15, -0.1) is 22.7 Å². The Hall–Kier alpha value is -4.04. The van der Waals surface area contributed by atoms with E-state index in [2.05, 4.69) is 10.3 Å². The van der Waals surface area contributed by atoms with Crippen molar-refractivity contribution in [1.82, 2.24) is 10.3 Å². The van der Waals surface area contributed by atoms with Gasteiger partial charge >= 0.3 is 5.97 Å². The third-order valence-corrected chi connectivity index (χ3v) is 12.4. The summed E-state index contributed by atoms with van der Waals surface area (Å²) in [5.41, 5.74) is 0.361. The number of H-pyrrole nitrogens is 1. The van der Waals surface area contributed by atoms with Crippen molar-refractivity contribution in [3.05, 3.63) is 113 Å². The van der Waals surface area contributed by atoms with Crippen LogP contribution in [0, 0.1) is 0 Å². The molecule has 1 saturated carbocycles. The van der Waals surface area contributed by atoms with Gasteiger partial charge in [0.05, 0.1) is 28.5 Å². The summed E-state index contributed by atoms with van der Waals surface area (Å²) in [4.78, 5) is 41.7. The van der Waals surface area contributed by atoms with Gasteiger partial charge in [-0.1, -0.05) is 29.8 Å². The zero-order valence-corrected chi connectivity index (χ0v) is 32.4. The molecule has 0 aliphatic heterocycles. The van der Waals surface area contributed by atoms with Crippen LogP contribution in [0.2, 0.25) is 5.02 Å². The van der Waals surface area contributed by atoms with Crippen molar-refractivity contribution in [2.75, 3.05) is 13.7 Å². The molecular formula is C41H45ClN2O8S2. The molecule has 0 unspecified atom stereocenters. The minimum atomic E-state index is -1.80. The number of aliphatic hydroxyl groups is 2. The van der Waals surface area contributed by atoms with Gasteiger partial charge in [-0.25, -0.2) is 4.79 Å². The molecular weight excluding hydrogens is 748 g/mol. The van der Waals surface area contributed by atoms with Crippen molar-refractivity contribution in [1.29, 1.82) is 0 Å². The fourth-order valence-electron chi connectivity index (χ4n) is 7.15. The number of ketones is 1. The number of methoxy groups -OCH3 is 1. The molecule has 10 nitrogen and oxygen atoms in total. The van der Waals surface area contributed by atoms with Gasteiger partial charge in [0.25, 0.3) is 0 Å². The highest BCUT2D eigenvalue weighted by atomic mass is 35.5. The molecule has 3 aromatic heterocycles. The molecule has 2 aromatic carbocycles. The van der Waals surface area contributed by atoms with Crippen LogP contribution in [0.5, 0.6) is 11.5 Å². The largest absolute Gasteiger partial charge is 0.506 e. The van der Waals surface area contributed by atoms with Gasteiger partial charge in [0.15, 0.2) is 0 Å². The first-order valence-corrected chi connectivity index (χ1v) is 20.3. The van der Waals surface area contributed by atoms with Crippen LogP contribution < -0.4 is 15.6 Å². The topological polar surface area (TPSA) is 158 Å². The second-order valence-corrected chi connectivity index (χ2v) is 16.1. The lowest BCUT2D eigenvalue weighted by Gasteiger charge is -2.32. The number of nitrogens with one attached hydrogen (secondary N) is 2. The molecule has 286 valence electrons. The monoisotopic (exact) mass is 792 g/mol. The van der Waals surface area contributed by atoms with Crippen LogP contribution in [0.25, 0.3) is 10.9 Å². The molecule has 1 fully saturated rings. The van der Waals surface area contributed by atoms with E-state index in [0.717, 1.165) is 18.4 Å². The van der Waals surface area contributed by atoms with Gasteiger partial charge in [0.1, 0.15) is 23.4 Å². The van der Waals surface area contributed by atoms with Gasteiger partial charge in [-0.2, -0.15) is 0 Å².